The van der Waals surface area contributed by atoms with E-state index < -0.39 is 18.4 Å². The summed E-state index contributed by atoms with van der Waals surface area (Å²) in [4.78, 5) is 26.9. The van der Waals surface area contributed by atoms with Gasteiger partial charge >= 0.3 is 12.2 Å². The number of aliphatic hydroxyl groups is 1. The van der Waals surface area contributed by atoms with E-state index in [0.717, 1.165) is 0 Å². The van der Waals surface area contributed by atoms with Gasteiger partial charge in [-0.2, -0.15) is 0 Å². The first-order valence-electron chi connectivity index (χ1n) is 8.20. The van der Waals surface area contributed by atoms with E-state index in [-0.39, 0.29) is 12.7 Å². The molecule has 2 saturated heterocycles. The molecule has 0 aliphatic carbocycles. The average Bonchev–Trinajstić information content (AvgIpc) is 3.24. The van der Waals surface area contributed by atoms with Gasteiger partial charge in [-0.3, -0.25) is 15.1 Å². The van der Waals surface area contributed by atoms with Crippen molar-refractivity contribution in [3.63, 3.8) is 0 Å². The minimum Gasteiger partial charge on any atom is -0.447 e. The molecule has 3 rings (SSSR count). The Morgan fingerprint density at radius 2 is 1.92 bits per heavy atom. The lowest BCUT2D eigenvalue weighted by molar-refractivity contribution is 0.111. The van der Waals surface area contributed by atoms with E-state index in [1.165, 1.54) is 15.3 Å². The maximum absolute atomic E-state index is 12.2. The molecule has 2 atom stereocenters. The minimum atomic E-state index is -0.471. The maximum Gasteiger partial charge on any atom is 0.414 e. The Hall–Kier alpha value is -2.43. The number of aliphatic hydroxyl groups excluding tert-OH is 1. The molecule has 140 valence electrons. The lowest BCUT2D eigenvalue weighted by Gasteiger charge is -2.22. The van der Waals surface area contributed by atoms with Gasteiger partial charge in [-0.05, 0) is 24.3 Å². The second-order valence-electron chi connectivity index (χ2n) is 5.76. The van der Waals surface area contributed by atoms with E-state index in [1.54, 1.807) is 24.3 Å². The molecule has 2 amide bonds. The first-order chi connectivity index (χ1) is 12.6. The number of ether oxygens (including phenoxy) is 2. The standard InChI is InChI=1S/C16H20N4O5S/c21-7-5-17-14(18-10-26)13-9-20(16(23)25-13)12-3-1-11(2-4-12)19-6-8-24-15(19)22/h1-4,10,13-14,17,21H,5-9H2,(H,18,26)/t13-,14?/m0/s1. The first-order valence-corrected chi connectivity index (χ1v) is 8.67. The highest BCUT2D eigenvalue weighted by Gasteiger charge is 2.37. The fraction of sp³-hybridized carbons (Fsp3) is 0.438. The van der Waals surface area contributed by atoms with E-state index in [0.29, 0.717) is 37.6 Å². The predicted molar refractivity (Wildman–Crippen MR) is 98.4 cm³/mol. The third-order valence-corrected chi connectivity index (χ3v) is 4.30. The number of nitrogens with one attached hydrogen (secondary N) is 2. The van der Waals surface area contributed by atoms with Gasteiger partial charge < -0.3 is 19.9 Å². The number of cyclic esters (lactones) is 2. The molecule has 0 radical (unpaired) electrons. The minimum absolute atomic E-state index is 0.0413. The molecule has 26 heavy (non-hydrogen) atoms. The maximum atomic E-state index is 12.2. The topological polar surface area (TPSA) is 103 Å². The van der Waals surface area contributed by atoms with Crippen molar-refractivity contribution in [1.82, 2.24) is 10.6 Å². The summed E-state index contributed by atoms with van der Waals surface area (Å²) in [5.41, 5.74) is 2.72. The lowest BCUT2D eigenvalue weighted by Crippen LogP contribution is -2.52. The smallest absolute Gasteiger partial charge is 0.414 e. The Bertz CT molecular complexity index is 671. The average molecular weight is 380 g/mol. The highest BCUT2D eigenvalue weighted by molar-refractivity contribution is 7.78. The van der Waals surface area contributed by atoms with Crippen molar-refractivity contribution in [2.24, 2.45) is 0 Å². The first kappa shape index (κ1) is 18.4. The normalized spacial score (nSPS) is 20.7. The van der Waals surface area contributed by atoms with Crippen LogP contribution in [-0.4, -0.2) is 67.9 Å². The molecule has 2 aliphatic rings. The van der Waals surface area contributed by atoms with Gasteiger partial charge in [0.2, 0.25) is 0 Å². The van der Waals surface area contributed by atoms with Gasteiger partial charge in [0.1, 0.15) is 12.8 Å². The molecule has 0 aromatic heterocycles. The van der Waals surface area contributed by atoms with Crippen LogP contribution >= 0.6 is 12.2 Å². The van der Waals surface area contributed by atoms with Gasteiger partial charge in [-0.1, -0.05) is 12.2 Å². The molecule has 3 N–H and O–H groups in total. The number of anilines is 2. The number of carbonyl (C=O) groups is 2. The number of benzene rings is 1. The van der Waals surface area contributed by atoms with E-state index in [1.807, 2.05) is 0 Å². The molecule has 0 saturated carbocycles. The van der Waals surface area contributed by atoms with Crippen LogP contribution in [0.3, 0.4) is 0 Å². The van der Waals surface area contributed by atoms with Crippen molar-refractivity contribution in [3.05, 3.63) is 24.3 Å². The van der Waals surface area contributed by atoms with Gasteiger partial charge in [-0.25, -0.2) is 9.59 Å². The monoisotopic (exact) mass is 380 g/mol. The highest BCUT2D eigenvalue weighted by Crippen LogP contribution is 2.26. The summed E-state index contributed by atoms with van der Waals surface area (Å²) >= 11 is 4.81. The van der Waals surface area contributed by atoms with Crippen LogP contribution in [0.1, 0.15) is 0 Å². The van der Waals surface area contributed by atoms with Crippen LogP contribution in [0.5, 0.6) is 0 Å². The van der Waals surface area contributed by atoms with Crippen molar-refractivity contribution < 1.29 is 24.2 Å². The molecule has 1 aromatic carbocycles. The summed E-state index contributed by atoms with van der Waals surface area (Å²) in [6.07, 6.45) is -1.71. The van der Waals surface area contributed by atoms with Gasteiger partial charge in [-0.15, -0.1) is 0 Å². The van der Waals surface area contributed by atoms with E-state index in [4.69, 9.17) is 26.8 Å². The number of rotatable bonds is 8. The number of hydrogen-bond donors (Lipinski definition) is 3. The summed E-state index contributed by atoms with van der Waals surface area (Å²) in [6, 6.07) is 7.04. The number of carbonyl (C=O) groups excluding carboxylic acids is 2. The van der Waals surface area contributed by atoms with Gasteiger partial charge in [0.25, 0.3) is 0 Å². The second kappa shape index (κ2) is 8.30. The van der Waals surface area contributed by atoms with Crippen molar-refractivity contribution in [1.29, 1.82) is 0 Å². The van der Waals surface area contributed by atoms with E-state index in [2.05, 4.69) is 10.6 Å². The number of nitrogens with zero attached hydrogens (tertiary/aromatic N) is 2. The molecular weight excluding hydrogens is 360 g/mol. The zero-order valence-corrected chi connectivity index (χ0v) is 14.8. The Morgan fingerprint density at radius 3 is 2.50 bits per heavy atom. The van der Waals surface area contributed by atoms with Crippen molar-refractivity contribution in [2.75, 3.05) is 42.6 Å². The van der Waals surface area contributed by atoms with Gasteiger partial charge in [0.05, 0.1) is 25.2 Å². The lowest BCUT2D eigenvalue weighted by atomic mass is 10.2. The highest BCUT2D eigenvalue weighted by atomic mass is 32.1. The quantitative estimate of drug-likeness (QED) is 0.441. The van der Waals surface area contributed by atoms with Crippen molar-refractivity contribution in [3.8, 4) is 0 Å². The van der Waals surface area contributed by atoms with Crippen LogP contribution in [0, 0.1) is 0 Å². The van der Waals surface area contributed by atoms with Crippen LogP contribution in [0.15, 0.2) is 24.3 Å². The molecule has 1 aromatic rings. The molecule has 2 aliphatic heterocycles. The van der Waals surface area contributed by atoms with Gasteiger partial charge in [0.15, 0.2) is 6.10 Å². The Labute approximate surface area is 155 Å². The third kappa shape index (κ3) is 3.87. The number of thiocarbonyl (C=S) groups is 1. The largest absolute Gasteiger partial charge is 0.447 e. The fourth-order valence-corrected chi connectivity index (χ4v) is 3.05. The SMILES string of the molecule is O=C1OCCN1c1ccc(N2C[C@@H](C(NC=S)NCCO)OC2=O)cc1. The third-order valence-electron chi connectivity index (χ3n) is 4.16. The Kier molecular flexibility index (Phi) is 5.86. The summed E-state index contributed by atoms with van der Waals surface area (Å²) in [5, 5.41) is 14.9. The summed E-state index contributed by atoms with van der Waals surface area (Å²) in [7, 11) is 0. The van der Waals surface area contributed by atoms with Crippen LogP contribution in [0.4, 0.5) is 21.0 Å². The predicted octanol–water partition coefficient (Wildman–Crippen LogP) is 0.423. The van der Waals surface area contributed by atoms with E-state index in [9.17, 15) is 9.59 Å². The molecule has 0 spiro atoms. The zero-order valence-electron chi connectivity index (χ0n) is 14.0. The van der Waals surface area contributed by atoms with Crippen LogP contribution < -0.4 is 20.4 Å². The summed E-state index contributed by atoms with van der Waals surface area (Å²) < 4.78 is 10.3. The summed E-state index contributed by atoms with van der Waals surface area (Å²) in [6.45, 7) is 1.50. The van der Waals surface area contributed by atoms with Crippen LogP contribution in [0.2, 0.25) is 0 Å². The Morgan fingerprint density at radius 1 is 1.23 bits per heavy atom. The zero-order chi connectivity index (χ0) is 18.5. The second-order valence-corrected chi connectivity index (χ2v) is 5.99. The number of hydrogen-bond acceptors (Lipinski definition) is 7. The van der Waals surface area contributed by atoms with E-state index >= 15 is 0 Å². The molecular formula is C16H20N4O5S. The molecule has 1 unspecified atom stereocenters. The van der Waals surface area contributed by atoms with Gasteiger partial charge in [0, 0.05) is 17.9 Å². The molecule has 0 bridgehead atoms. The van der Waals surface area contributed by atoms with Crippen molar-refractivity contribution in [2.45, 2.75) is 12.3 Å². The van der Waals surface area contributed by atoms with Crippen LogP contribution in [-0.2, 0) is 9.47 Å². The fourth-order valence-electron chi connectivity index (χ4n) is 2.90. The molecule has 2 heterocycles. The molecule has 2 fully saturated rings. The Balaban J connectivity index is 1.68. The summed E-state index contributed by atoms with van der Waals surface area (Å²) in [5.74, 6) is 0. The number of amides is 2. The molecule has 10 heteroatoms. The van der Waals surface area contributed by atoms with Crippen molar-refractivity contribution >= 4 is 41.3 Å². The molecule has 9 nitrogen and oxygen atoms in total. The van der Waals surface area contributed by atoms with Crippen LogP contribution in [0.25, 0.3) is 0 Å².